The zero-order valence-electron chi connectivity index (χ0n) is 14.6. The van der Waals surface area contributed by atoms with Crippen LogP contribution in [0.25, 0.3) is 11.0 Å². The number of nitrogens with one attached hydrogen (secondary N) is 2. The lowest BCUT2D eigenvalue weighted by Crippen LogP contribution is -2.42. The lowest BCUT2D eigenvalue weighted by molar-refractivity contribution is -0.131. The summed E-state index contributed by atoms with van der Waals surface area (Å²) in [5.41, 5.74) is 8.86. The van der Waals surface area contributed by atoms with Gasteiger partial charge < -0.3 is 20.9 Å². The average molecular weight is 402 g/mol. The van der Waals surface area contributed by atoms with Gasteiger partial charge in [0.2, 0.25) is 11.8 Å². The molecule has 0 unspecified atom stereocenters. The van der Waals surface area contributed by atoms with Gasteiger partial charge in [-0.2, -0.15) is 0 Å². The van der Waals surface area contributed by atoms with E-state index in [1.165, 1.54) is 6.92 Å². The Morgan fingerprint density at radius 2 is 2.08 bits per heavy atom. The third kappa shape index (κ3) is 5.33. The Balaban J connectivity index is 0.00000169. The fourth-order valence-corrected chi connectivity index (χ4v) is 3.12. The molecule has 0 spiro atoms. The van der Waals surface area contributed by atoms with Crippen LogP contribution in [0.1, 0.15) is 25.3 Å². The van der Waals surface area contributed by atoms with E-state index in [0.29, 0.717) is 26.1 Å². The van der Waals surface area contributed by atoms with Crippen LogP contribution in [-0.4, -0.2) is 45.8 Å². The van der Waals surface area contributed by atoms with Gasteiger partial charge in [-0.3, -0.25) is 9.59 Å². The normalized spacial score (nSPS) is 19.8. The highest BCUT2D eigenvalue weighted by molar-refractivity contribution is 5.85. The summed E-state index contributed by atoms with van der Waals surface area (Å²) in [6.07, 6.45) is 3.11. The number of hydrogen-bond donors (Lipinski definition) is 3. The summed E-state index contributed by atoms with van der Waals surface area (Å²) in [6.45, 7) is 2.94. The molecule has 9 heteroatoms. The molecule has 1 fully saturated rings. The quantitative estimate of drug-likeness (QED) is 0.726. The van der Waals surface area contributed by atoms with Crippen LogP contribution in [0.3, 0.4) is 0 Å². The molecule has 2 atom stereocenters. The molecule has 1 aliphatic rings. The highest BCUT2D eigenvalue weighted by Crippen LogP contribution is 2.17. The van der Waals surface area contributed by atoms with Gasteiger partial charge in [-0.1, -0.05) is 6.07 Å². The number of nitrogens with zero attached hydrogens (tertiary/aromatic N) is 2. The van der Waals surface area contributed by atoms with Crippen LogP contribution in [0.5, 0.6) is 0 Å². The fraction of sp³-hybridized carbons (Fsp3) is 0.471. The predicted molar refractivity (Wildman–Crippen MR) is 105 cm³/mol. The Labute approximate surface area is 164 Å². The second kappa shape index (κ2) is 9.75. The van der Waals surface area contributed by atoms with E-state index in [1.54, 1.807) is 11.2 Å². The van der Waals surface area contributed by atoms with Crippen LogP contribution >= 0.6 is 24.8 Å². The predicted octanol–water partition coefficient (Wildman–Crippen LogP) is 1.61. The molecular weight excluding hydrogens is 377 g/mol. The number of carbonyl (C=O) groups excluding carboxylic acids is 2. The van der Waals surface area contributed by atoms with Gasteiger partial charge in [0.1, 0.15) is 0 Å². The van der Waals surface area contributed by atoms with Crippen LogP contribution < -0.4 is 11.1 Å². The maximum Gasteiger partial charge on any atom is 0.225 e. The summed E-state index contributed by atoms with van der Waals surface area (Å²) in [6, 6.07) is 5.80. The van der Waals surface area contributed by atoms with Gasteiger partial charge in [0, 0.05) is 32.6 Å². The molecule has 0 bridgehead atoms. The minimum atomic E-state index is -0.210. The minimum absolute atomic E-state index is 0. The Kier molecular flexibility index (Phi) is 8.33. The number of likely N-dealkylation sites (tertiary alicyclic amines) is 1. The van der Waals surface area contributed by atoms with Crippen molar-refractivity contribution in [1.82, 2.24) is 20.2 Å². The van der Waals surface area contributed by atoms with Crippen LogP contribution in [0.4, 0.5) is 0 Å². The van der Waals surface area contributed by atoms with Crippen molar-refractivity contribution in [2.24, 2.45) is 11.7 Å². The van der Waals surface area contributed by atoms with Crippen LogP contribution in [0, 0.1) is 5.92 Å². The first kappa shape index (κ1) is 22.2. The first-order chi connectivity index (χ1) is 11.5. The molecule has 4 N–H and O–H groups in total. The minimum Gasteiger partial charge on any atom is -0.352 e. The van der Waals surface area contributed by atoms with Gasteiger partial charge >= 0.3 is 0 Å². The van der Waals surface area contributed by atoms with Crippen LogP contribution in [-0.2, 0) is 16.1 Å². The maximum absolute atomic E-state index is 12.5. The Hall–Kier alpha value is -1.83. The number of fused-ring (bicyclic) bond motifs is 1. The van der Waals surface area contributed by atoms with Crippen molar-refractivity contribution in [3.63, 3.8) is 0 Å². The monoisotopic (exact) mass is 401 g/mol. The molecule has 1 aromatic carbocycles. The molecule has 3 rings (SSSR count). The van der Waals surface area contributed by atoms with E-state index in [9.17, 15) is 9.59 Å². The van der Waals surface area contributed by atoms with Crippen molar-refractivity contribution in [2.45, 2.75) is 32.4 Å². The number of aromatic nitrogens is 2. The molecule has 26 heavy (non-hydrogen) atoms. The number of nitrogens with two attached hydrogens (primary N) is 1. The van der Waals surface area contributed by atoms with Crippen molar-refractivity contribution >= 4 is 47.7 Å². The van der Waals surface area contributed by atoms with Gasteiger partial charge in [0.15, 0.2) is 0 Å². The van der Waals surface area contributed by atoms with Gasteiger partial charge in [-0.05, 0) is 30.5 Å². The number of imidazole rings is 1. The number of hydrogen-bond acceptors (Lipinski definition) is 4. The topological polar surface area (TPSA) is 104 Å². The lowest BCUT2D eigenvalue weighted by atomic mass is 10.0. The zero-order valence-corrected chi connectivity index (χ0v) is 16.2. The molecular formula is C17H25Cl2N5O2. The van der Waals surface area contributed by atoms with Crippen molar-refractivity contribution in [3.8, 4) is 0 Å². The van der Waals surface area contributed by atoms with E-state index in [1.807, 2.05) is 18.2 Å². The first-order valence-electron chi connectivity index (χ1n) is 8.23. The number of H-pyrrole nitrogens is 1. The van der Waals surface area contributed by atoms with E-state index in [0.717, 1.165) is 23.0 Å². The summed E-state index contributed by atoms with van der Waals surface area (Å²) >= 11 is 0. The molecule has 1 saturated heterocycles. The molecule has 2 aromatic rings. The van der Waals surface area contributed by atoms with Crippen molar-refractivity contribution in [3.05, 3.63) is 30.1 Å². The number of benzene rings is 1. The van der Waals surface area contributed by atoms with Crippen molar-refractivity contribution in [1.29, 1.82) is 0 Å². The fourth-order valence-electron chi connectivity index (χ4n) is 3.12. The average Bonchev–Trinajstić information content (AvgIpc) is 2.93. The van der Waals surface area contributed by atoms with Gasteiger partial charge in [0.05, 0.1) is 23.3 Å². The number of aromatic amines is 1. The van der Waals surface area contributed by atoms with E-state index >= 15 is 0 Å². The second-order valence-electron chi connectivity index (χ2n) is 6.43. The van der Waals surface area contributed by atoms with E-state index < -0.39 is 0 Å². The molecule has 7 nitrogen and oxygen atoms in total. The largest absolute Gasteiger partial charge is 0.352 e. The SMILES string of the molecule is CC(=O)N1C[C@@H](N)CC[C@@H](C(=O)NCc2ccc3nc[nH]c3c2)C1.Cl.Cl. The van der Waals surface area contributed by atoms with Crippen molar-refractivity contribution in [2.75, 3.05) is 13.1 Å². The van der Waals surface area contributed by atoms with E-state index in [2.05, 4.69) is 15.3 Å². The Morgan fingerprint density at radius 3 is 2.81 bits per heavy atom. The summed E-state index contributed by atoms with van der Waals surface area (Å²) in [5, 5.41) is 2.98. The molecule has 2 amide bonds. The number of rotatable bonds is 3. The summed E-state index contributed by atoms with van der Waals surface area (Å²) in [4.78, 5) is 33.1. The third-order valence-corrected chi connectivity index (χ3v) is 4.55. The van der Waals surface area contributed by atoms with Gasteiger partial charge in [-0.25, -0.2) is 4.98 Å². The Bertz CT molecular complexity index is 752. The van der Waals surface area contributed by atoms with Gasteiger partial charge in [-0.15, -0.1) is 24.8 Å². The highest BCUT2D eigenvalue weighted by Gasteiger charge is 2.28. The summed E-state index contributed by atoms with van der Waals surface area (Å²) in [5.74, 6) is -0.270. The summed E-state index contributed by atoms with van der Waals surface area (Å²) in [7, 11) is 0. The first-order valence-corrected chi connectivity index (χ1v) is 8.23. The Morgan fingerprint density at radius 1 is 1.31 bits per heavy atom. The number of carbonyl (C=O) groups is 2. The van der Waals surface area contributed by atoms with Crippen molar-refractivity contribution < 1.29 is 9.59 Å². The van der Waals surface area contributed by atoms with Crippen LogP contribution in [0.2, 0.25) is 0 Å². The zero-order chi connectivity index (χ0) is 17.1. The molecule has 0 radical (unpaired) electrons. The molecule has 1 aromatic heterocycles. The second-order valence-corrected chi connectivity index (χ2v) is 6.43. The summed E-state index contributed by atoms with van der Waals surface area (Å²) < 4.78 is 0. The maximum atomic E-state index is 12.5. The molecule has 1 aliphatic heterocycles. The van der Waals surface area contributed by atoms with Gasteiger partial charge in [0.25, 0.3) is 0 Å². The lowest BCUT2D eigenvalue weighted by Gasteiger charge is -2.23. The molecule has 0 saturated carbocycles. The van der Waals surface area contributed by atoms with Crippen LogP contribution in [0.15, 0.2) is 24.5 Å². The molecule has 144 valence electrons. The molecule has 2 heterocycles. The molecule has 0 aliphatic carbocycles. The number of halogens is 2. The van der Waals surface area contributed by atoms with E-state index in [-0.39, 0.29) is 48.6 Å². The standard InChI is InChI=1S/C17H23N5O2.2ClH/c1-11(23)22-8-13(3-4-14(18)9-22)17(24)19-7-12-2-5-15-16(6-12)21-10-20-15;;/h2,5-6,10,13-14H,3-4,7-9,18H2,1H3,(H,19,24)(H,20,21);2*1H/t13-,14+;;/m1../s1. The number of amides is 2. The highest BCUT2D eigenvalue weighted by atomic mass is 35.5. The third-order valence-electron chi connectivity index (χ3n) is 4.55. The van der Waals surface area contributed by atoms with E-state index in [4.69, 9.17) is 5.73 Å². The smallest absolute Gasteiger partial charge is 0.225 e.